The first-order valence-electron chi connectivity index (χ1n) is 10.2. The Kier molecular flexibility index (Phi) is 9.47. The molecule has 1 unspecified atom stereocenters. The summed E-state index contributed by atoms with van der Waals surface area (Å²) in [4.78, 5) is 18.9. The van der Waals surface area contributed by atoms with Gasteiger partial charge in [-0.2, -0.15) is 0 Å². The molecule has 156 valence electrons. The Balaban J connectivity index is 0.00000280. The Hall–Kier alpha value is -1.38. The maximum atomic E-state index is 13.2. The minimum atomic E-state index is -0.184. The zero-order valence-corrected chi connectivity index (χ0v) is 19.0. The highest BCUT2D eigenvalue weighted by Crippen LogP contribution is 2.27. The quantitative estimate of drug-likeness (QED) is 0.272. The molecule has 0 bridgehead atoms. The van der Waals surface area contributed by atoms with Crippen LogP contribution in [-0.2, 0) is 11.2 Å². The number of nitrogens with zero attached hydrogens (tertiary/aromatic N) is 2. The van der Waals surface area contributed by atoms with Crippen LogP contribution in [0, 0.1) is 11.7 Å². The average Bonchev–Trinajstić information content (AvgIpc) is 3.36. The lowest BCUT2D eigenvalue weighted by molar-refractivity contribution is -0.134. The Morgan fingerprint density at radius 1 is 1.29 bits per heavy atom. The zero-order valence-electron chi connectivity index (χ0n) is 16.6. The SMILES string of the molecule is CN=C(NCCCc1cccc(F)c1)NC1CCN(C(=O)C2CCCC2)C1.I. The van der Waals surface area contributed by atoms with E-state index in [0.29, 0.717) is 5.91 Å². The monoisotopic (exact) mass is 502 g/mol. The summed E-state index contributed by atoms with van der Waals surface area (Å²) in [5.74, 6) is 1.18. The average molecular weight is 502 g/mol. The van der Waals surface area contributed by atoms with Gasteiger partial charge in [-0.1, -0.05) is 25.0 Å². The second-order valence-corrected chi connectivity index (χ2v) is 7.63. The molecule has 0 aromatic heterocycles. The molecule has 2 N–H and O–H groups in total. The van der Waals surface area contributed by atoms with Crippen LogP contribution in [0.15, 0.2) is 29.3 Å². The number of halogens is 2. The van der Waals surface area contributed by atoms with E-state index in [0.717, 1.165) is 63.3 Å². The largest absolute Gasteiger partial charge is 0.356 e. The number of amides is 1. The minimum absolute atomic E-state index is 0. The summed E-state index contributed by atoms with van der Waals surface area (Å²) in [6.07, 6.45) is 7.19. The van der Waals surface area contributed by atoms with Crippen LogP contribution in [0.5, 0.6) is 0 Å². The van der Waals surface area contributed by atoms with E-state index < -0.39 is 0 Å². The van der Waals surface area contributed by atoms with Crippen molar-refractivity contribution in [3.8, 4) is 0 Å². The molecule has 1 saturated heterocycles. The summed E-state index contributed by atoms with van der Waals surface area (Å²) in [6, 6.07) is 7.00. The third-order valence-electron chi connectivity index (χ3n) is 5.59. The Bertz CT molecular complexity index is 664. The predicted molar refractivity (Wildman–Crippen MR) is 122 cm³/mol. The van der Waals surface area contributed by atoms with Crippen molar-refractivity contribution in [2.45, 2.75) is 51.0 Å². The summed E-state index contributed by atoms with van der Waals surface area (Å²) >= 11 is 0. The van der Waals surface area contributed by atoms with Crippen molar-refractivity contribution in [1.29, 1.82) is 0 Å². The topological polar surface area (TPSA) is 56.7 Å². The third-order valence-corrected chi connectivity index (χ3v) is 5.59. The number of likely N-dealkylation sites (tertiary alicyclic amines) is 1. The summed E-state index contributed by atoms with van der Waals surface area (Å²) in [7, 11) is 1.76. The van der Waals surface area contributed by atoms with Gasteiger partial charge in [-0.15, -0.1) is 24.0 Å². The molecule has 2 aliphatic rings. The van der Waals surface area contributed by atoms with Crippen LogP contribution >= 0.6 is 24.0 Å². The number of carbonyl (C=O) groups excluding carboxylic acids is 1. The zero-order chi connectivity index (χ0) is 19.1. The van der Waals surface area contributed by atoms with E-state index >= 15 is 0 Å². The minimum Gasteiger partial charge on any atom is -0.356 e. The molecular formula is C21H32FIN4O. The molecule has 1 aromatic carbocycles. The highest BCUT2D eigenvalue weighted by Gasteiger charge is 2.32. The third kappa shape index (κ3) is 6.60. The fraction of sp³-hybridized carbons (Fsp3) is 0.619. The van der Waals surface area contributed by atoms with Gasteiger partial charge < -0.3 is 15.5 Å². The fourth-order valence-corrected chi connectivity index (χ4v) is 4.09. The highest BCUT2D eigenvalue weighted by molar-refractivity contribution is 14.0. The van der Waals surface area contributed by atoms with Crippen molar-refractivity contribution in [3.05, 3.63) is 35.6 Å². The Morgan fingerprint density at radius 3 is 2.79 bits per heavy atom. The van der Waals surface area contributed by atoms with Crippen molar-refractivity contribution < 1.29 is 9.18 Å². The first kappa shape index (κ1) is 22.9. The second kappa shape index (κ2) is 11.6. The lowest BCUT2D eigenvalue weighted by Gasteiger charge is -2.21. The summed E-state index contributed by atoms with van der Waals surface area (Å²) in [6.45, 7) is 2.37. The molecule has 0 spiro atoms. The number of aryl methyl sites for hydroxylation is 1. The van der Waals surface area contributed by atoms with E-state index in [9.17, 15) is 9.18 Å². The summed E-state index contributed by atoms with van der Waals surface area (Å²) in [5, 5.41) is 6.76. The number of guanidine groups is 1. The smallest absolute Gasteiger partial charge is 0.225 e. The molecule has 1 aromatic rings. The van der Waals surface area contributed by atoms with Gasteiger partial charge in [0.2, 0.25) is 5.91 Å². The molecule has 3 rings (SSSR count). The molecule has 1 aliphatic heterocycles. The van der Waals surface area contributed by atoms with Crippen molar-refractivity contribution >= 4 is 35.8 Å². The Labute approximate surface area is 184 Å². The van der Waals surface area contributed by atoms with Gasteiger partial charge in [0.15, 0.2) is 5.96 Å². The molecule has 1 amide bonds. The molecule has 1 aliphatic carbocycles. The van der Waals surface area contributed by atoms with Gasteiger partial charge in [-0.05, 0) is 49.8 Å². The Morgan fingerprint density at radius 2 is 2.07 bits per heavy atom. The molecule has 28 heavy (non-hydrogen) atoms. The number of nitrogens with one attached hydrogen (secondary N) is 2. The first-order chi connectivity index (χ1) is 13.2. The van der Waals surface area contributed by atoms with Crippen LogP contribution in [0.25, 0.3) is 0 Å². The van der Waals surface area contributed by atoms with Crippen LogP contribution in [0.1, 0.15) is 44.1 Å². The normalized spacial score (nSPS) is 20.1. The maximum absolute atomic E-state index is 13.2. The van der Waals surface area contributed by atoms with Crippen LogP contribution in [0.4, 0.5) is 4.39 Å². The van der Waals surface area contributed by atoms with E-state index in [4.69, 9.17) is 0 Å². The van der Waals surface area contributed by atoms with Gasteiger partial charge in [0.1, 0.15) is 5.82 Å². The van der Waals surface area contributed by atoms with E-state index in [2.05, 4.69) is 15.6 Å². The van der Waals surface area contributed by atoms with Gasteiger partial charge in [0.25, 0.3) is 0 Å². The van der Waals surface area contributed by atoms with E-state index in [-0.39, 0.29) is 41.8 Å². The molecule has 1 heterocycles. The van der Waals surface area contributed by atoms with E-state index in [1.165, 1.54) is 18.9 Å². The number of hydrogen-bond acceptors (Lipinski definition) is 2. The maximum Gasteiger partial charge on any atom is 0.225 e. The van der Waals surface area contributed by atoms with Crippen LogP contribution < -0.4 is 10.6 Å². The molecule has 0 radical (unpaired) electrons. The van der Waals surface area contributed by atoms with Gasteiger partial charge in [0.05, 0.1) is 0 Å². The fourth-order valence-electron chi connectivity index (χ4n) is 4.09. The molecule has 5 nitrogen and oxygen atoms in total. The van der Waals surface area contributed by atoms with Gasteiger partial charge in [-0.25, -0.2) is 4.39 Å². The molecular weight excluding hydrogens is 470 g/mol. The molecule has 2 fully saturated rings. The van der Waals surface area contributed by atoms with Crippen molar-refractivity contribution in [3.63, 3.8) is 0 Å². The van der Waals surface area contributed by atoms with Gasteiger partial charge in [0, 0.05) is 38.6 Å². The lowest BCUT2D eigenvalue weighted by Crippen LogP contribution is -2.45. The summed E-state index contributed by atoms with van der Waals surface area (Å²) < 4.78 is 13.2. The standard InChI is InChI=1S/C21H31FN4O.HI/c1-23-21(24-12-5-7-16-6-4-10-18(22)14-16)25-19-11-13-26(15-19)20(27)17-8-2-3-9-17;/h4,6,10,14,17,19H,2-3,5,7-9,11-13,15H2,1H3,(H2,23,24,25);1H. The van der Waals surface area contributed by atoms with Crippen LogP contribution in [0.2, 0.25) is 0 Å². The lowest BCUT2D eigenvalue weighted by atomic mass is 10.1. The number of aliphatic imine (C=N–C) groups is 1. The number of carbonyl (C=O) groups is 1. The van der Waals surface area contributed by atoms with Crippen molar-refractivity contribution in [2.24, 2.45) is 10.9 Å². The number of hydrogen-bond donors (Lipinski definition) is 2. The summed E-state index contributed by atoms with van der Waals surface area (Å²) in [5.41, 5.74) is 1.01. The molecule has 1 atom stereocenters. The molecule has 1 saturated carbocycles. The second-order valence-electron chi connectivity index (χ2n) is 7.63. The number of benzene rings is 1. The first-order valence-corrected chi connectivity index (χ1v) is 10.2. The van der Waals surface area contributed by atoms with Crippen LogP contribution in [-0.4, -0.2) is 49.5 Å². The van der Waals surface area contributed by atoms with Gasteiger partial charge in [-0.3, -0.25) is 9.79 Å². The number of rotatable bonds is 6. The van der Waals surface area contributed by atoms with E-state index in [1.807, 2.05) is 11.0 Å². The highest BCUT2D eigenvalue weighted by atomic mass is 127. The van der Waals surface area contributed by atoms with Crippen molar-refractivity contribution in [1.82, 2.24) is 15.5 Å². The van der Waals surface area contributed by atoms with Gasteiger partial charge >= 0.3 is 0 Å². The van der Waals surface area contributed by atoms with E-state index in [1.54, 1.807) is 19.2 Å². The molecule has 7 heteroatoms. The van der Waals surface area contributed by atoms with Crippen molar-refractivity contribution in [2.75, 3.05) is 26.7 Å². The van der Waals surface area contributed by atoms with Crippen LogP contribution in [0.3, 0.4) is 0 Å². The predicted octanol–water partition coefficient (Wildman–Crippen LogP) is 3.33.